The van der Waals surface area contributed by atoms with Gasteiger partial charge in [0.15, 0.2) is 0 Å². The van der Waals surface area contributed by atoms with Crippen LogP contribution in [0.2, 0.25) is 0 Å². The van der Waals surface area contributed by atoms with Gasteiger partial charge in [-0.3, -0.25) is 4.55 Å². The van der Waals surface area contributed by atoms with E-state index in [0.29, 0.717) is 6.42 Å². The quantitative estimate of drug-likeness (QED) is 0.446. The van der Waals surface area contributed by atoms with Crippen LogP contribution in [0.4, 0.5) is 0 Å². The van der Waals surface area contributed by atoms with Crippen LogP contribution in [0.25, 0.3) is 0 Å². The lowest BCUT2D eigenvalue weighted by molar-refractivity contribution is -0.0179. The van der Waals surface area contributed by atoms with Gasteiger partial charge in [-0.1, -0.05) is 45.4 Å². The molecule has 0 spiro atoms. The number of rotatable bonds is 10. The maximum absolute atomic E-state index is 11.1. The average Bonchev–Trinajstić information content (AvgIpc) is 3.06. The number of guanidine groups is 1. The Bertz CT molecular complexity index is 585. The lowest BCUT2D eigenvalue weighted by Gasteiger charge is -2.33. The van der Waals surface area contributed by atoms with Crippen molar-refractivity contribution < 1.29 is 17.3 Å². The molecule has 2 aliphatic heterocycles. The van der Waals surface area contributed by atoms with Crippen molar-refractivity contribution in [2.45, 2.75) is 70.8 Å². The minimum absolute atomic E-state index is 0.0435. The van der Waals surface area contributed by atoms with Gasteiger partial charge in [-0.2, -0.15) is 18.5 Å². The van der Waals surface area contributed by atoms with Crippen LogP contribution in [0.1, 0.15) is 64.7 Å². The van der Waals surface area contributed by atoms with E-state index in [4.69, 9.17) is 10.3 Å². The Morgan fingerprint density at radius 1 is 1.24 bits per heavy atom. The minimum Gasteiger partial charge on any atom is -0.368 e. The molecule has 9 heteroatoms. The van der Waals surface area contributed by atoms with E-state index in [0.717, 1.165) is 56.1 Å². The molecule has 1 saturated heterocycles. The van der Waals surface area contributed by atoms with Crippen LogP contribution in [0.3, 0.4) is 0 Å². The third kappa shape index (κ3) is 6.48. The van der Waals surface area contributed by atoms with Gasteiger partial charge in [0, 0.05) is 13.1 Å². The number of nitrogens with two attached hydrogens (primary N) is 1. The average molecular weight is 375 g/mol. The second kappa shape index (κ2) is 9.40. The number of hydrogen-bond donors (Lipinski definition) is 2. The van der Waals surface area contributed by atoms with Crippen molar-refractivity contribution in [1.29, 1.82) is 0 Å². The Hall–Kier alpha value is -1.32. The van der Waals surface area contributed by atoms with Crippen LogP contribution in [-0.4, -0.2) is 48.0 Å². The Labute approximate surface area is 150 Å². The van der Waals surface area contributed by atoms with E-state index in [2.05, 4.69) is 21.1 Å². The van der Waals surface area contributed by atoms with Gasteiger partial charge in [0.1, 0.15) is 5.82 Å². The highest BCUT2D eigenvalue weighted by Gasteiger charge is 2.30. The normalized spacial score (nSPS) is 21.4. The highest BCUT2D eigenvalue weighted by atomic mass is 32.3. The van der Waals surface area contributed by atoms with Gasteiger partial charge in [-0.15, -0.1) is 4.28 Å². The molecule has 1 unspecified atom stereocenters. The van der Waals surface area contributed by atoms with E-state index in [9.17, 15) is 8.42 Å². The Morgan fingerprint density at radius 2 is 1.88 bits per heavy atom. The molecule has 144 valence electrons. The predicted octanol–water partition coefficient (Wildman–Crippen LogP) is 2.41. The van der Waals surface area contributed by atoms with E-state index in [-0.39, 0.29) is 12.0 Å². The first-order chi connectivity index (χ1) is 11.9. The van der Waals surface area contributed by atoms with E-state index in [1.54, 1.807) is 0 Å². The molecular weight excluding hydrogens is 344 g/mol. The fourth-order valence-corrected chi connectivity index (χ4v) is 3.66. The van der Waals surface area contributed by atoms with Crippen molar-refractivity contribution in [3.8, 4) is 0 Å². The summed E-state index contributed by atoms with van der Waals surface area (Å²) in [6.07, 6.45) is 11.6. The molecule has 0 aliphatic carbocycles. The van der Waals surface area contributed by atoms with Gasteiger partial charge < -0.3 is 10.6 Å². The van der Waals surface area contributed by atoms with Crippen LogP contribution >= 0.6 is 0 Å². The van der Waals surface area contributed by atoms with E-state index in [1.807, 2.05) is 6.08 Å². The second-order valence-electron chi connectivity index (χ2n) is 6.64. The predicted molar refractivity (Wildman–Crippen MR) is 96.8 cm³/mol. The van der Waals surface area contributed by atoms with Gasteiger partial charge in [0.05, 0.1) is 6.04 Å². The summed E-state index contributed by atoms with van der Waals surface area (Å²) in [6.45, 7) is 4.02. The summed E-state index contributed by atoms with van der Waals surface area (Å²) in [5.74, 6) is 0.721. The molecule has 0 aromatic rings. The highest BCUT2D eigenvalue weighted by Crippen LogP contribution is 2.24. The Balaban J connectivity index is 2.01. The molecular formula is C16H30N4O4S. The van der Waals surface area contributed by atoms with Crippen molar-refractivity contribution in [3.05, 3.63) is 11.9 Å². The Morgan fingerprint density at radius 3 is 2.52 bits per heavy atom. The molecule has 3 N–H and O–H groups in total. The number of hydrogen-bond acceptors (Lipinski definition) is 7. The highest BCUT2D eigenvalue weighted by molar-refractivity contribution is 7.80. The molecule has 0 bridgehead atoms. The molecule has 0 saturated carbocycles. The van der Waals surface area contributed by atoms with Crippen LogP contribution in [-0.2, 0) is 14.7 Å². The number of unbranched alkanes of at least 4 members (excludes halogenated alkanes) is 5. The summed E-state index contributed by atoms with van der Waals surface area (Å²) >= 11 is 0. The largest absolute Gasteiger partial charge is 0.418 e. The van der Waals surface area contributed by atoms with E-state index >= 15 is 0 Å². The lowest BCUT2D eigenvalue weighted by atomic mass is 10.0. The summed E-state index contributed by atoms with van der Waals surface area (Å²) in [6, 6.07) is -0.360. The molecule has 1 fully saturated rings. The van der Waals surface area contributed by atoms with Gasteiger partial charge in [0.25, 0.3) is 0 Å². The lowest BCUT2D eigenvalue weighted by Crippen LogP contribution is -2.48. The number of nitrogens with zero attached hydrogens (tertiary/aromatic N) is 3. The van der Waals surface area contributed by atoms with Crippen LogP contribution < -0.4 is 5.73 Å². The molecule has 8 nitrogen and oxygen atoms in total. The zero-order chi connectivity index (χ0) is 18.3. The van der Waals surface area contributed by atoms with Gasteiger partial charge >= 0.3 is 10.4 Å². The third-order valence-corrected chi connectivity index (χ3v) is 4.90. The zero-order valence-electron chi connectivity index (χ0n) is 14.9. The second-order valence-corrected chi connectivity index (χ2v) is 7.65. The van der Waals surface area contributed by atoms with Crippen molar-refractivity contribution >= 4 is 16.4 Å². The van der Waals surface area contributed by atoms with Crippen molar-refractivity contribution in [1.82, 2.24) is 9.96 Å². The monoisotopic (exact) mass is 374 g/mol. The summed E-state index contributed by atoms with van der Waals surface area (Å²) < 4.78 is 35.9. The van der Waals surface area contributed by atoms with Crippen molar-refractivity contribution in [3.63, 3.8) is 0 Å². The smallest absolute Gasteiger partial charge is 0.368 e. The molecule has 25 heavy (non-hydrogen) atoms. The summed E-state index contributed by atoms with van der Waals surface area (Å²) in [7, 11) is -4.65. The maximum Gasteiger partial charge on any atom is 0.418 e. The fourth-order valence-electron chi connectivity index (χ4n) is 3.27. The molecule has 2 heterocycles. The molecule has 0 radical (unpaired) electrons. The number of hydroxylamine groups is 2. The van der Waals surface area contributed by atoms with Gasteiger partial charge in [-0.25, -0.2) is 0 Å². The first kappa shape index (κ1) is 20.0. The number of aliphatic imine (C=N–C) groups is 1. The number of likely N-dealkylation sites (tertiary alicyclic amines) is 1. The first-order valence-corrected chi connectivity index (χ1v) is 10.5. The SMILES string of the molecule is CCCCCCCCC1C=C(N2CCCC2)N=C(N)N1OS(=O)(=O)O. The summed E-state index contributed by atoms with van der Waals surface area (Å²) in [5, 5.41) is 1.00. The molecule has 1 atom stereocenters. The molecule has 0 aromatic heterocycles. The summed E-state index contributed by atoms with van der Waals surface area (Å²) in [5.41, 5.74) is 5.91. The topological polar surface area (TPSA) is 108 Å². The van der Waals surface area contributed by atoms with Crippen molar-refractivity contribution in [2.24, 2.45) is 10.7 Å². The molecule has 2 aliphatic rings. The van der Waals surface area contributed by atoms with Crippen molar-refractivity contribution in [2.75, 3.05) is 13.1 Å². The van der Waals surface area contributed by atoms with Gasteiger partial charge in [-0.05, 0) is 25.3 Å². The van der Waals surface area contributed by atoms with Crippen LogP contribution in [0.15, 0.2) is 16.9 Å². The fraction of sp³-hybridized carbons (Fsp3) is 0.812. The standard InChI is InChI=1S/C16H30N4O4S/c1-2-3-4-5-6-7-10-14-13-15(19-11-8-9-12-19)18-16(17)20(14)24-25(21,22)23/h13-14H,2-12H2,1H3,(H2,17,18)(H,21,22,23). The maximum atomic E-state index is 11.1. The van der Waals surface area contributed by atoms with E-state index in [1.165, 1.54) is 19.3 Å². The Kier molecular flexibility index (Phi) is 7.52. The zero-order valence-corrected chi connectivity index (χ0v) is 15.7. The third-order valence-electron chi connectivity index (χ3n) is 4.56. The molecule has 0 aromatic carbocycles. The minimum atomic E-state index is -4.65. The molecule has 2 rings (SSSR count). The molecule has 0 amide bonds. The van der Waals surface area contributed by atoms with E-state index < -0.39 is 10.4 Å². The van der Waals surface area contributed by atoms with Crippen LogP contribution in [0, 0.1) is 0 Å². The first-order valence-electron chi connectivity index (χ1n) is 9.18. The van der Waals surface area contributed by atoms with Crippen LogP contribution in [0.5, 0.6) is 0 Å². The van der Waals surface area contributed by atoms with Gasteiger partial charge in [0.2, 0.25) is 5.96 Å². The summed E-state index contributed by atoms with van der Waals surface area (Å²) in [4.78, 5) is 6.40.